The third-order valence-corrected chi connectivity index (χ3v) is 3.63. The summed E-state index contributed by atoms with van der Waals surface area (Å²) in [5.41, 5.74) is 4.79. The summed E-state index contributed by atoms with van der Waals surface area (Å²) in [4.78, 5) is 10.6. The van der Waals surface area contributed by atoms with Crippen LogP contribution in [0.1, 0.15) is 11.1 Å². The Morgan fingerprint density at radius 1 is 0.950 bits per heavy atom. The van der Waals surface area contributed by atoms with Crippen molar-refractivity contribution in [1.82, 2.24) is 0 Å². The molecule has 0 N–H and O–H groups in total. The van der Waals surface area contributed by atoms with Gasteiger partial charge in [0.25, 0.3) is 0 Å². The first kappa shape index (κ1) is 12.6. The molecule has 3 aromatic carbocycles. The van der Waals surface area contributed by atoms with E-state index in [4.69, 9.17) is 0 Å². The van der Waals surface area contributed by atoms with Gasteiger partial charge in [0.15, 0.2) is 0 Å². The molecule has 1 heteroatoms. The maximum absolute atomic E-state index is 10.6. The summed E-state index contributed by atoms with van der Waals surface area (Å²) >= 11 is 0. The molecule has 1 nitrogen and oxygen atoms in total. The van der Waals surface area contributed by atoms with Crippen molar-refractivity contribution in [2.75, 3.05) is 0 Å². The highest BCUT2D eigenvalue weighted by Gasteiger charge is 2.04. The van der Waals surface area contributed by atoms with E-state index in [1.54, 1.807) is 0 Å². The van der Waals surface area contributed by atoms with Gasteiger partial charge >= 0.3 is 0 Å². The zero-order chi connectivity index (χ0) is 13.9. The number of aryl methyl sites for hydroxylation is 1. The van der Waals surface area contributed by atoms with Gasteiger partial charge in [0, 0.05) is 6.42 Å². The van der Waals surface area contributed by atoms with E-state index >= 15 is 0 Å². The number of carbonyl (C=O) groups is 1. The van der Waals surface area contributed by atoms with Gasteiger partial charge in [0.05, 0.1) is 0 Å². The van der Waals surface area contributed by atoms with Crippen LogP contribution < -0.4 is 0 Å². The van der Waals surface area contributed by atoms with Crippen LogP contribution >= 0.6 is 0 Å². The lowest BCUT2D eigenvalue weighted by Gasteiger charge is -2.08. The van der Waals surface area contributed by atoms with Crippen molar-refractivity contribution in [3.8, 4) is 11.1 Å². The highest BCUT2D eigenvalue weighted by molar-refractivity contribution is 5.97. The number of benzene rings is 3. The summed E-state index contributed by atoms with van der Waals surface area (Å²) in [6.07, 6.45) is 1.43. The van der Waals surface area contributed by atoms with E-state index in [-0.39, 0.29) is 0 Å². The standard InChI is InChI=1S/C19H16O/c1-14-5-8-16(9-6-14)18-4-2-3-17-13-15(11-12-20)7-10-19(17)18/h2-10,12-13H,11H2,1H3. The number of hydrogen-bond donors (Lipinski definition) is 0. The topological polar surface area (TPSA) is 17.1 Å². The first-order chi connectivity index (χ1) is 9.78. The SMILES string of the molecule is Cc1ccc(-c2cccc3cc(CC=O)ccc23)cc1. The first-order valence-corrected chi connectivity index (χ1v) is 6.80. The molecule has 0 aromatic heterocycles. The maximum atomic E-state index is 10.6. The zero-order valence-corrected chi connectivity index (χ0v) is 11.5. The van der Waals surface area contributed by atoms with E-state index < -0.39 is 0 Å². The molecule has 0 heterocycles. The zero-order valence-electron chi connectivity index (χ0n) is 11.5. The predicted molar refractivity (Wildman–Crippen MR) is 83.9 cm³/mol. The molecule has 0 amide bonds. The molecule has 3 rings (SSSR count). The Bertz CT molecular complexity index is 754. The smallest absolute Gasteiger partial charge is 0.124 e. The Morgan fingerprint density at radius 3 is 2.50 bits per heavy atom. The summed E-state index contributed by atoms with van der Waals surface area (Å²) in [5, 5.41) is 2.41. The van der Waals surface area contributed by atoms with Crippen LogP contribution in [0, 0.1) is 6.92 Å². The lowest BCUT2D eigenvalue weighted by molar-refractivity contribution is -0.107. The first-order valence-electron chi connectivity index (χ1n) is 6.80. The monoisotopic (exact) mass is 260 g/mol. The van der Waals surface area contributed by atoms with Crippen LogP contribution in [-0.2, 0) is 11.2 Å². The van der Waals surface area contributed by atoms with Crippen molar-refractivity contribution in [3.05, 3.63) is 71.8 Å². The van der Waals surface area contributed by atoms with Gasteiger partial charge in [-0.3, -0.25) is 0 Å². The van der Waals surface area contributed by atoms with Crippen molar-refractivity contribution in [3.63, 3.8) is 0 Å². The van der Waals surface area contributed by atoms with E-state index in [1.807, 2.05) is 6.07 Å². The Labute approximate surface area is 118 Å². The molecule has 98 valence electrons. The number of fused-ring (bicyclic) bond motifs is 1. The maximum Gasteiger partial charge on any atom is 0.124 e. The van der Waals surface area contributed by atoms with Crippen LogP contribution in [0.2, 0.25) is 0 Å². The van der Waals surface area contributed by atoms with E-state index in [2.05, 4.69) is 61.5 Å². The van der Waals surface area contributed by atoms with Crippen LogP contribution in [-0.4, -0.2) is 6.29 Å². The van der Waals surface area contributed by atoms with Crippen molar-refractivity contribution in [1.29, 1.82) is 0 Å². The quantitative estimate of drug-likeness (QED) is 0.631. The summed E-state index contributed by atoms with van der Waals surface area (Å²) in [6.45, 7) is 2.10. The molecular weight excluding hydrogens is 244 g/mol. The molecule has 0 saturated heterocycles. The fraction of sp³-hybridized carbons (Fsp3) is 0.105. The Kier molecular flexibility index (Phi) is 3.34. The summed E-state index contributed by atoms with van der Waals surface area (Å²) in [7, 11) is 0. The molecule has 0 spiro atoms. The molecule has 0 bridgehead atoms. The van der Waals surface area contributed by atoms with Crippen LogP contribution in [0.4, 0.5) is 0 Å². The number of carbonyl (C=O) groups excluding carboxylic acids is 1. The number of aldehydes is 1. The molecule has 20 heavy (non-hydrogen) atoms. The molecular formula is C19H16O. The van der Waals surface area contributed by atoms with Gasteiger partial charge in [-0.25, -0.2) is 0 Å². The summed E-state index contributed by atoms with van der Waals surface area (Å²) in [6, 6.07) is 21.1. The third kappa shape index (κ3) is 2.35. The number of rotatable bonds is 3. The highest BCUT2D eigenvalue weighted by Crippen LogP contribution is 2.29. The van der Waals surface area contributed by atoms with E-state index in [0.29, 0.717) is 6.42 Å². The second-order valence-corrected chi connectivity index (χ2v) is 5.10. The second kappa shape index (κ2) is 5.30. The van der Waals surface area contributed by atoms with Crippen molar-refractivity contribution in [2.24, 2.45) is 0 Å². The molecule has 0 fully saturated rings. The lowest BCUT2D eigenvalue weighted by Crippen LogP contribution is -1.87. The van der Waals surface area contributed by atoms with Gasteiger partial charge in [0.2, 0.25) is 0 Å². The highest BCUT2D eigenvalue weighted by atomic mass is 16.1. The second-order valence-electron chi connectivity index (χ2n) is 5.10. The summed E-state index contributed by atoms with van der Waals surface area (Å²) < 4.78 is 0. The van der Waals surface area contributed by atoms with Gasteiger partial charge in [-0.1, -0.05) is 66.2 Å². The van der Waals surface area contributed by atoms with E-state index in [0.717, 1.165) is 11.8 Å². The molecule has 0 aliphatic rings. The van der Waals surface area contributed by atoms with Crippen LogP contribution in [0.5, 0.6) is 0 Å². The minimum atomic E-state index is 0.477. The fourth-order valence-electron chi connectivity index (χ4n) is 2.54. The summed E-state index contributed by atoms with van der Waals surface area (Å²) in [5.74, 6) is 0. The van der Waals surface area contributed by atoms with Gasteiger partial charge in [-0.15, -0.1) is 0 Å². The molecule has 0 unspecified atom stereocenters. The minimum absolute atomic E-state index is 0.477. The van der Waals surface area contributed by atoms with Gasteiger partial charge in [-0.05, 0) is 34.4 Å². The van der Waals surface area contributed by atoms with Crippen molar-refractivity contribution < 1.29 is 4.79 Å². The average molecular weight is 260 g/mol. The minimum Gasteiger partial charge on any atom is -0.303 e. The Balaban J connectivity index is 2.16. The molecule has 0 saturated carbocycles. The fourth-order valence-corrected chi connectivity index (χ4v) is 2.54. The largest absolute Gasteiger partial charge is 0.303 e. The lowest BCUT2D eigenvalue weighted by atomic mass is 9.96. The molecule has 0 aliphatic heterocycles. The number of hydrogen-bond acceptors (Lipinski definition) is 1. The Morgan fingerprint density at radius 2 is 1.75 bits per heavy atom. The van der Waals surface area contributed by atoms with Crippen molar-refractivity contribution >= 4 is 17.1 Å². The third-order valence-electron chi connectivity index (χ3n) is 3.63. The van der Waals surface area contributed by atoms with Crippen molar-refractivity contribution in [2.45, 2.75) is 13.3 Å². The predicted octanol–water partition coefficient (Wildman–Crippen LogP) is 4.56. The van der Waals surface area contributed by atoms with E-state index in [9.17, 15) is 4.79 Å². The van der Waals surface area contributed by atoms with Crippen LogP contribution in [0.15, 0.2) is 60.7 Å². The van der Waals surface area contributed by atoms with Gasteiger partial charge in [0.1, 0.15) is 6.29 Å². The Hall–Kier alpha value is -2.41. The van der Waals surface area contributed by atoms with Gasteiger partial charge < -0.3 is 4.79 Å². The molecule has 3 aromatic rings. The average Bonchev–Trinajstić information content (AvgIpc) is 2.48. The van der Waals surface area contributed by atoms with E-state index in [1.165, 1.54) is 27.5 Å². The molecule has 0 radical (unpaired) electrons. The normalized spacial score (nSPS) is 10.7. The van der Waals surface area contributed by atoms with Crippen LogP contribution in [0.25, 0.3) is 21.9 Å². The molecule has 0 aliphatic carbocycles. The molecule has 0 atom stereocenters. The van der Waals surface area contributed by atoms with Crippen LogP contribution in [0.3, 0.4) is 0 Å². The van der Waals surface area contributed by atoms with Gasteiger partial charge in [-0.2, -0.15) is 0 Å².